The zero-order valence-corrected chi connectivity index (χ0v) is 22.9. The number of halogens is 1. The summed E-state index contributed by atoms with van der Waals surface area (Å²) >= 11 is 3.11. The Kier molecular flexibility index (Phi) is 6.98. The van der Waals surface area contributed by atoms with Gasteiger partial charge in [-0.1, -0.05) is 78.9 Å². The normalized spacial score (nSPS) is 25.8. The van der Waals surface area contributed by atoms with Gasteiger partial charge in [-0.2, -0.15) is 0 Å². The number of carbonyl (C=O) groups excluding carboxylic acids is 1. The first kappa shape index (κ1) is 26.1. The Balaban J connectivity index is 1.18. The van der Waals surface area contributed by atoms with Crippen molar-refractivity contribution in [2.75, 3.05) is 51.0 Å². The smallest absolute Gasteiger partial charge is 0.320 e. The van der Waals surface area contributed by atoms with Crippen molar-refractivity contribution in [3.05, 3.63) is 112 Å². The molecule has 0 saturated carbocycles. The van der Waals surface area contributed by atoms with Gasteiger partial charge in [0.25, 0.3) is 11.7 Å². The fraction of sp³-hybridized carbons (Fsp3) is 0.345. The number of nitro groups is 1. The molecule has 0 aromatic heterocycles. The van der Waals surface area contributed by atoms with Gasteiger partial charge in [-0.3, -0.25) is 29.6 Å². The summed E-state index contributed by atoms with van der Waals surface area (Å²) in [5.41, 5.74) is 3.80. The number of amides is 1. The van der Waals surface area contributed by atoms with Crippen molar-refractivity contribution in [1.82, 2.24) is 9.80 Å². The Hall–Kier alpha value is -3.15. The van der Waals surface area contributed by atoms with E-state index in [2.05, 4.69) is 74.3 Å². The highest BCUT2D eigenvalue weighted by Crippen LogP contribution is 2.47. The van der Waals surface area contributed by atoms with Crippen LogP contribution in [-0.4, -0.2) is 71.1 Å². The third-order valence-electron chi connectivity index (χ3n) is 7.74. The molecule has 3 aliphatic rings. The molecule has 1 spiro atoms. The lowest BCUT2D eigenvalue weighted by Crippen LogP contribution is -2.57. The molecule has 202 valence electrons. The van der Waals surface area contributed by atoms with E-state index in [-0.39, 0.29) is 25.2 Å². The first-order valence-electron chi connectivity index (χ1n) is 13.0. The van der Waals surface area contributed by atoms with Crippen molar-refractivity contribution < 1.29 is 19.2 Å². The van der Waals surface area contributed by atoms with Crippen LogP contribution in [0.1, 0.15) is 22.7 Å². The first-order valence-corrected chi connectivity index (χ1v) is 13.8. The van der Waals surface area contributed by atoms with Crippen LogP contribution in [0.3, 0.4) is 0 Å². The Morgan fingerprint density at radius 2 is 1.38 bits per heavy atom. The number of rotatable bonds is 6. The molecule has 39 heavy (non-hydrogen) atoms. The highest BCUT2D eigenvalue weighted by Gasteiger charge is 2.61. The summed E-state index contributed by atoms with van der Waals surface area (Å²) in [4.78, 5) is 31.2. The lowest BCUT2D eigenvalue weighted by Gasteiger charge is -2.41. The third-order valence-corrected chi connectivity index (χ3v) is 8.49. The summed E-state index contributed by atoms with van der Waals surface area (Å²) in [5, 5.41) is 11.5. The van der Waals surface area contributed by atoms with Crippen molar-refractivity contribution in [3.8, 4) is 0 Å². The van der Waals surface area contributed by atoms with Crippen LogP contribution in [0.15, 0.2) is 84.9 Å². The van der Waals surface area contributed by atoms with Crippen LogP contribution in [-0.2, 0) is 20.1 Å². The zero-order valence-electron chi connectivity index (χ0n) is 21.3. The van der Waals surface area contributed by atoms with Crippen LogP contribution in [0.2, 0.25) is 0 Å². The fourth-order valence-electron chi connectivity index (χ4n) is 5.67. The van der Waals surface area contributed by atoms with Gasteiger partial charge in [0.1, 0.15) is 13.2 Å². The maximum Gasteiger partial charge on any atom is 0.320 e. The highest BCUT2D eigenvalue weighted by molar-refractivity contribution is 9.10. The maximum absolute atomic E-state index is 13.8. The van der Waals surface area contributed by atoms with Gasteiger partial charge in [0.15, 0.2) is 0 Å². The number of hydrogen-bond donors (Lipinski definition) is 0. The van der Waals surface area contributed by atoms with E-state index in [0.29, 0.717) is 17.9 Å². The monoisotopic (exact) mass is 592 g/mol. The summed E-state index contributed by atoms with van der Waals surface area (Å²) in [5.74, 6) is -2.02. The molecule has 0 N–H and O–H groups in total. The lowest BCUT2D eigenvalue weighted by atomic mass is 9.96. The van der Waals surface area contributed by atoms with E-state index in [1.54, 1.807) is 11.0 Å². The number of nitrogens with zero attached hydrogens (tertiary/aromatic N) is 4. The summed E-state index contributed by atoms with van der Waals surface area (Å²) in [6.07, 6.45) is 0. The predicted octanol–water partition coefficient (Wildman–Crippen LogP) is 3.97. The van der Waals surface area contributed by atoms with Gasteiger partial charge in [0, 0.05) is 52.6 Å². The Bertz CT molecular complexity index is 1300. The zero-order chi connectivity index (χ0) is 27.0. The summed E-state index contributed by atoms with van der Waals surface area (Å²) in [7, 11) is 0. The number of benzene rings is 3. The van der Waals surface area contributed by atoms with E-state index in [9.17, 15) is 14.9 Å². The van der Waals surface area contributed by atoms with Crippen LogP contribution in [0.25, 0.3) is 0 Å². The molecule has 0 atom stereocenters. The van der Waals surface area contributed by atoms with Gasteiger partial charge in [0.2, 0.25) is 0 Å². The molecule has 3 aromatic carbocycles. The van der Waals surface area contributed by atoms with Crippen LogP contribution >= 0.6 is 15.9 Å². The molecule has 0 aliphatic carbocycles. The quantitative estimate of drug-likeness (QED) is 0.185. The van der Waals surface area contributed by atoms with Crippen molar-refractivity contribution >= 4 is 27.5 Å². The van der Waals surface area contributed by atoms with Gasteiger partial charge in [-0.25, -0.2) is 0 Å². The second kappa shape index (κ2) is 10.4. The van der Waals surface area contributed by atoms with Gasteiger partial charge in [-0.15, -0.1) is 0 Å². The molecule has 0 radical (unpaired) electrons. The fourth-order valence-corrected chi connectivity index (χ4v) is 5.90. The Morgan fingerprint density at radius 3 is 1.95 bits per heavy atom. The Labute approximate surface area is 235 Å². The van der Waals surface area contributed by atoms with Crippen molar-refractivity contribution in [3.63, 3.8) is 0 Å². The average molecular weight is 593 g/mol. The van der Waals surface area contributed by atoms with Gasteiger partial charge in [0.05, 0.1) is 18.4 Å². The van der Waals surface area contributed by atoms with Crippen molar-refractivity contribution in [2.24, 2.45) is 0 Å². The molecule has 1 amide bonds. The minimum absolute atomic E-state index is 0.155. The molecule has 3 aromatic rings. The molecular formula is C29H29BrN4O5. The third kappa shape index (κ3) is 4.66. The standard InChI is InChI=1S/C29H29BrN4O5/c30-28(34(36)37)19-38-29(39-20-28)24-13-7-8-14-25(24)33(27(29)35)21-31-15-17-32(18-16-31)26(22-9-3-1-4-10-22)23-11-5-2-6-12-23/h1-14,26H,15-21H2. The second-order valence-corrected chi connectivity index (χ2v) is 11.6. The molecule has 3 aliphatic heterocycles. The lowest BCUT2D eigenvalue weighted by molar-refractivity contribution is -0.561. The van der Waals surface area contributed by atoms with E-state index in [4.69, 9.17) is 9.47 Å². The van der Waals surface area contributed by atoms with Gasteiger partial charge in [-0.05, 0) is 17.2 Å². The number of hydrogen-bond acceptors (Lipinski definition) is 7. The number of anilines is 1. The summed E-state index contributed by atoms with van der Waals surface area (Å²) < 4.78 is 10.2. The predicted molar refractivity (Wildman–Crippen MR) is 149 cm³/mol. The minimum Gasteiger partial charge on any atom is -0.330 e. The number of ether oxygens (including phenoxy) is 2. The van der Waals surface area contributed by atoms with Gasteiger partial charge >= 0.3 is 4.45 Å². The highest BCUT2D eigenvalue weighted by atomic mass is 79.9. The SMILES string of the molecule is O=C1N(CN2CCN(C(c3ccccc3)c3ccccc3)CC2)c2ccccc2C12OCC(Br)([N+](=O)[O-])CO2. The summed E-state index contributed by atoms with van der Waals surface area (Å²) in [6.45, 7) is 3.05. The van der Waals surface area contributed by atoms with E-state index in [1.807, 2.05) is 30.3 Å². The van der Waals surface area contributed by atoms with Gasteiger partial charge < -0.3 is 9.47 Å². The van der Waals surface area contributed by atoms with Crippen molar-refractivity contribution in [1.29, 1.82) is 0 Å². The Morgan fingerprint density at radius 1 is 0.846 bits per heavy atom. The number of para-hydroxylation sites is 1. The summed E-state index contributed by atoms with van der Waals surface area (Å²) in [6, 6.07) is 28.6. The molecule has 6 rings (SSSR count). The van der Waals surface area contributed by atoms with E-state index >= 15 is 0 Å². The van der Waals surface area contributed by atoms with Crippen LogP contribution < -0.4 is 4.90 Å². The topological polar surface area (TPSA) is 88.4 Å². The second-order valence-electron chi connectivity index (χ2n) is 10.1. The molecule has 9 nitrogen and oxygen atoms in total. The molecule has 0 unspecified atom stereocenters. The van der Waals surface area contributed by atoms with Crippen LogP contribution in [0, 0.1) is 10.1 Å². The molecule has 3 heterocycles. The van der Waals surface area contributed by atoms with Crippen LogP contribution in [0.4, 0.5) is 5.69 Å². The van der Waals surface area contributed by atoms with E-state index in [0.717, 1.165) is 26.2 Å². The van der Waals surface area contributed by atoms with E-state index < -0.39 is 15.2 Å². The number of carbonyl (C=O) groups is 1. The average Bonchev–Trinajstić information content (AvgIpc) is 3.19. The van der Waals surface area contributed by atoms with E-state index in [1.165, 1.54) is 11.1 Å². The number of piperazine rings is 1. The molecule has 2 saturated heterocycles. The molecule has 0 bridgehead atoms. The van der Waals surface area contributed by atoms with Crippen LogP contribution in [0.5, 0.6) is 0 Å². The minimum atomic E-state index is -1.67. The van der Waals surface area contributed by atoms with Crippen molar-refractivity contribution in [2.45, 2.75) is 16.3 Å². The molecule has 2 fully saturated rings. The maximum atomic E-state index is 13.8. The number of fused-ring (bicyclic) bond motifs is 2. The first-order chi connectivity index (χ1) is 18.9. The molecule has 10 heteroatoms. The number of alkyl halides is 1. The largest absolute Gasteiger partial charge is 0.330 e. The molecular weight excluding hydrogens is 564 g/mol.